The number of halogens is 2. The molecule has 0 aromatic heterocycles. The van der Waals surface area contributed by atoms with E-state index in [1.165, 1.54) is 24.0 Å². The Kier molecular flexibility index (Phi) is 7.87. The molecule has 0 aliphatic rings. The molecule has 0 fully saturated rings. The Morgan fingerprint density at radius 3 is 2.31 bits per heavy atom. The van der Waals surface area contributed by atoms with Crippen molar-refractivity contribution in [3.63, 3.8) is 0 Å². The molecule has 2 amide bonds. The van der Waals surface area contributed by atoms with Crippen LogP contribution in [0.25, 0.3) is 0 Å². The van der Waals surface area contributed by atoms with Gasteiger partial charge in [-0.3, -0.25) is 9.59 Å². The minimum atomic E-state index is -0.974. The molecule has 2 rings (SSSR count). The van der Waals surface area contributed by atoms with Gasteiger partial charge < -0.3 is 19.7 Å². The summed E-state index contributed by atoms with van der Waals surface area (Å²) in [5, 5.41) is 3.27. The fourth-order valence-electron chi connectivity index (χ4n) is 2.21. The summed E-state index contributed by atoms with van der Waals surface area (Å²) < 4.78 is 10.4. The number of rotatable bonds is 7. The average molecular weight is 439 g/mol. The highest BCUT2D eigenvalue weighted by molar-refractivity contribution is 6.35. The minimum absolute atomic E-state index is 0.147. The van der Waals surface area contributed by atoms with E-state index in [4.69, 9.17) is 32.7 Å². The molecule has 1 atom stereocenters. The van der Waals surface area contributed by atoms with E-state index in [-0.39, 0.29) is 16.7 Å². The predicted octanol–water partition coefficient (Wildman–Crippen LogP) is 3.64. The summed E-state index contributed by atoms with van der Waals surface area (Å²) in [6.45, 7) is 0.991. The van der Waals surface area contributed by atoms with E-state index in [2.05, 4.69) is 5.32 Å². The van der Waals surface area contributed by atoms with Crippen LogP contribution in [0, 0.1) is 0 Å². The quantitative estimate of drug-likeness (QED) is 0.666. The number of anilines is 1. The van der Waals surface area contributed by atoms with Crippen LogP contribution in [0.3, 0.4) is 0 Å². The van der Waals surface area contributed by atoms with Crippen molar-refractivity contribution < 1.29 is 23.9 Å². The number of ether oxygens (including phenoxy) is 2. The highest BCUT2D eigenvalue weighted by atomic mass is 35.5. The normalized spacial score (nSPS) is 11.3. The van der Waals surface area contributed by atoms with Gasteiger partial charge in [0.05, 0.1) is 5.02 Å². The first-order valence-corrected chi connectivity index (χ1v) is 9.33. The summed E-state index contributed by atoms with van der Waals surface area (Å²) in [7, 11) is 3.30. The largest absolute Gasteiger partial charge is 0.477 e. The molecule has 0 saturated carbocycles. The molecule has 9 heteroatoms. The van der Waals surface area contributed by atoms with Crippen LogP contribution < -0.4 is 10.1 Å². The molecule has 1 unspecified atom stereocenters. The number of esters is 1. The van der Waals surface area contributed by atoms with Crippen LogP contribution in [0.4, 0.5) is 5.69 Å². The Morgan fingerprint density at radius 2 is 1.72 bits per heavy atom. The van der Waals surface area contributed by atoms with Gasteiger partial charge in [-0.25, -0.2) is 4.79 Å². The maximum Gasteiger partial charge on any atom is 0.347 e. The summed E-state index contributed by atoms with van der Waals surface area (Å²) >= 11 is 11.8. The van der Waals surface area contributed by atoms with E-state index in [9.17, 15) is 14.4 Å². The van der Waals surface area contributed by atoms with E-state index >= 15 is 0 Å². The Bertz CT molecular complexity index is 900. The molecule has 7 nitrogen and oxygen atoms in total. The topological polar surface area (TPSA) is 84.9 Å². The van der Waals surface area contributed by atoms with Crippen LogP contribution in [0.2, 0.25) is 10.0 Å². The van der Waals surface area contributed by atoms with Gasteiger partial charge in [-0.15, -0.1) is 0 Å². The number of amides is 2. The Labute approximate surface area is 178 Å². The molecule has 0 aliphatic heterocycles. The van der Waals surface area contributed by atoms with Crippen molar-refractivity contribution in [2.24, 2.45) is 0 Å². The number of carbonyl (C=O) groups excluding carboxylic acids is 3. The van der Waals surface area contributed by atoms with Gasteiger partial charge in [0.15, 0.2) is 12.7 Å². The van der Waals surface area contributed by atoms with Gasteiger partial charge in [0, 0.05) is 30.4 Å². The van der Waals surface area contributed by atoms with Crippen molar-refractivity contribution in [1.29, 1.82) is 0 Å². The van der Waals surface area contributed by atoms with Gasteiger partial charge >= 0.3 is 5.97 Å². The first-order chi connectivity index (χ1) is 13.7. The fraction of sp³-hybridized carbons (Fsp3) is 0.250. The van der Waals surface area contributed by atoms with Gasteiger partial charge in [-0.1, -0.05) is 23.2 Å². The van der Waals surface area contributed by atoms with Crippen molar-refractivity contribution >= 4 is 46.7 Å². The van der Waals surface area contributed by atoms with E-state index in [0.29, 0.717) is 16.3 Å². The molecule has 0 heterocycles. The highest BCUT2D eigenvalue weighted by Gasteiger charge is 2.19. The molecule has 0 bridgehead atoms. The fourth-order valence-corrected chi connectivity index (χ4v) is 2.67. The summed E-state index contributed by atoms with van der Waals surface area (Å²) in [6, 6.07) is 11.0. The van der Waals surface area contributed by atoms with Crippen LogP contribution in [0.1, 0.15) is 17.3 Å². The first-order valence-electron chi connectivity index (χ1n) is 8.57. The number of benzene rings is 2. The Morgan fingerprint density at radius 1 is 1.07 bits per heavy atom. The summed E-state index contributed by atoms with van der Waals surface area (Å²) in [4.78, 5) is 37.3. The van der Waals surface area contributed by atoms with Crippen molar-refractivity contribution in [2.45, 2.75) is 13.0 Å². The third-order valence-electron chi connectivity index (χ3n) is 3.70. The smallest absolute Gasteiger partial charge is 0.347 e. The lowest BCUT2D eigenvalue weighted by molar-refractivity contribution is -0.153. The van der Waals surface area contributed by atoms with Crippen LogP contribution in [-0.2, 0) is 14.3 Å². The Balaban J connectivity index is 1.83. The maximum atomic E-state index is 12.0. The molecule has 1 N–H and O–H groups in total. The maximum absolute atomic E-state index is 12.0. The summed E-state index contributed by atoms with van der Waals surface area (Å²) in [5.74, 6) is -1.12. The van der Waals surface area contributed by atoms with E-state index in [0.717, 1.165) is 0 Å². The lowest BCUT2D eigenvalue weighted by Gasteiger charge is -2.15. The molecule has 0 radical (unpaired) electrons. The second-order valence-corrected chi connectivity index (χ2v) is 7.11. The van der Waals surface area contributed by atoms with Crippen LogP contribution in [0.5, 0.6) is 5.75 Å². The second-order valence-electron chi connectivity index (χ2n) is 6.27. The highest BCUT2D eigenvalue weighted by Crippen LogP contribution is 2.28. The molecular weight excluding hydrogens is 419 g/mol. The van der Waals surface area contributed by atoms with E-state index in [1.54, 1.807) is 44.4 Å². The van der Waals surface area contributed by atoms with Gasteiger partial charge in [0.2, 0.25) is 0 Å². The van der Waals surface area contributed by atoms with Crippen molar-refractivity contribution in [3.8, 4) is 5.75 Å². The third-order valence-corrected chi connectivity index (χ3v) is 4.23. The molecule has 29 heavy (non-hydrogen) atoms. The molecule has 0 saturated heterocycles. The summed E-state index contributed by atoms with van der Waals surface area (Å²) in [6.07, 6.45) is -0.974. The van der Waals surface area contributed by atoms with Crippen molar-refractivity contribution in [1.82, 2.24) is 4.90 Å². The van der Waals surface area contributed by atoms with Gasteiger partial charge in [-0.2, -0.15) is 0 Å². The lowest BCUT2D eigenvalue weighted by Crippen LogP contribution is -2.29. The number of nitrogens with zero attached hydrogens (tertiary/aromatic N) is 1. The van der Waals surface area contributed by atoms with E-state index in [1.807, 2.05) is 0 Å². The number of carbonyl (C=O) groups is 3. The SMILES string of the molecule is CC(Oc1ccc(Cl)cc1Cl)C(=O)OCC(=O)Nc1ccc(C(=O)N(C)C)cc1. The second kappa shape index (κ2) is 10.1. The monoisotopic (exact) mass is 438 g/mol. The zero-order valence-electron chi connectivity index (χ0n) is 16.1. The van der Waals surface area contributed by atoms with Crippen LogP contribution >= 0.6 is 23.2 Å². The van der Waals surface area contributed by atoms with Crippen molar-refractivity contribution in [2.75, 3.05) is 26.0 Å². The van der Waals surface area contributed by atoms with Crippen LogP contribution in [0.15, 0.2) is 42.5 Å². The number of nitrogens with one attached hydrogen (secondary N) is 1. The zero-order valence-corrected chi connectivity index (χ0v) is 17.6. The average Bonchev–Trinajstić information content (AvgIpc) is 2.68. The third kappa shape index (κ3) is 6.66. The van der Waals surface area contributed by atoms with Crippen LogP contribution in [-0.4, -0.2) is 49.5 Å². The van der Waals surface area contributed by atoms with E-state index < -0.39 is 24.6 Å². The summed E-state index contributed by atoms with van der Waals surface area (Å²) in [5.41, 5.74) is 0.963. The Hall–Kier alpha value is -2.77. The molecule has 2 aromatic carbocycles. The molecule has 0 spiro atoms. The molecular formula is C20H20Cl2N2O5. The van der Waals surface area contributed by atoms with Gasteiger partial charge in [-0.05, 0) is 49.4 Å². The number of hydrogen-bond donors (Lipinski definition) is 1. The standard InChI is InChI=1S/C20H20Cl2N2O5/c1-12(29-17-9-6-14(21)10-16(17)22)20(27)28-11-18(25)23-15-7-4-13(5-8-15)19(26)24(2)3/h4-10,12H,11H2,1-3H3,(H,23,25). The van der Waals surface area contributed by atoms with Gasteiger partial charge in [0.1, 0.15) is 5.75 Å². The number of hydrogen-bond acceptors (Lipinski definition) is 5. The minimum Gasteiger partial charge on any atom is -0.477 e. The lowest BCUT2D eigenvalue weighted by atomic mass is 10.2. The first kappa shape index (κ1) is 22.5. The zero-order chi connectivity index (χ0) is 21.6. The predicted molar refractivity (Wildman–Crippen MR) is 111 cm³/mol. The molecule has 154 valence electrons. The molecule has 0 aliphatic carbocycles. The van der Waals surface area contributed by atoms with Crippen molar-refractivity contribution in [3.05, 3.63) is 58.1 Å². The van der Waals surface area contributed by atoms with Gasteiger partial charge in [0.25, 0.3) is 11.8 Å². The molecule has 2 aromatic rings.